The van der Waals surface area contributed by atoms with Crippen LogP contribution < -0.4 is 5.32 Å². The predicted molar refractivity (Wildman–Crippen MR) is 104 cm³/mol. The van der Waals surface area contributed by atoms with Crippen molar-refractivity contribution in [2.45, 2.75) is 45.4 Å². The summed E-state index contributed by atoms with van der Waals surface area (Å²) in [4.78, 5) is 16.3. The van der Waals surface area contributed by atoms with Crippen molar-refractivity contribution in [3.8, 4) is 0 Å². The van der Waals surface area contributed by atoms with Gasteiger partial charge in [0.1, 0.15) is 5.00 Å². The zero-order valence-corrected chi connectivity index (χ0v) is 16.5. The molecule has 2 aromatic rings. The second kappa shape index (κ2) is 10.8. The lowest BCUT2D eigenvalue weighted by Crippen LogP contribution is -2.10. The van der Waals surface area contributed by atoms with Gasteiger partial charge in [-0.3, -0.25) is 4.79 Å². The lowest BCUT2D eigenvalue weighted by molar-refractivity contribution is -0.116. The highest BCUT2D eigenvalue weighted by atomic mass is 79.9. The fraction of sp³-hybridized carbons (Fsp3) is 0.412. The number of rotatable bonds is 8. The summed E-state index contributed by atoms with van der Waals surface area (Å²) >= 11 is 7.43. The van der Waals surface area contributed by atoms with Gasteiger partial charge in [-0.15, -0.1) is 28.3 Å². The summed E-state index contributed by atoms with van der Waals surface area (Å²) in [7, 11) is 0. The van der Waals surface area contributed by atoms with E-state index in [0.717, 1.165) is 47.1 Å². The van der Waals surface area contributed by atoms with Gasteiger partial charge in [-0.1, -0.05) is 37.1 Å². The minimum absolute atomic E-state index is 0. The van der Waals surface area contributed by atoms with Crippen molar-refractivity contribution < 1.29 is 4.79 Å². The Morgan fingerprint density at radius 1 is 1.22 bits per heavy atom. The summed E-state index contributed by atoms with van der Waals surface area (Å²) in [6, 6.07) is 7.77. The number of anilines is 1. The molecule has 0 spiro atoms. The third-order valence-corrected chi connectivity index (χ3v) is 4.57. The highest BCUT2D eigenvalue weighted by Crippen LogP contribution is 2.20. The van der Waals surface area contributed by atoms with Crippen molar-refractivity contribution in [1.29, 1.82) is 0 Å². The molecule has 0 aliphatic heterocycles. The lowest BCUT2D eigenvalue weighted by atomic mass is 10.1. The van der Waals surface area contributed by atoms with Crippen molar-refractivity contribution in [2.75, 3.05) is 5.32 Å². The Labute approximate surface area is 157 Å². The van der Waals surface area contributed by atoms with Crippen LogP contribution in [0.5, 0.6) is 0 Å². The number of aromatic nitrogens is 1. The summed E-state index contributed by atoms with van der Waals surface area (Å²) in [5.41, 5.74) is 1.21. The Morgan fingerprint density at radius 3 is 2.65 bits per heavy atom. The van der Waals surface area contributed by atoms with E-state index < -0.39 is 0 Å². The fourth-order valence-electron chi connectivity index (χ4n) is 2.12. The van der Waals surface area contributed by atoms with E-state index in [2.05, 4.69) is 17.2 Å². The largest absolute Gasteiger partial charge is 0.316 e. The number of nitrogens with zero attached hydrogens (tertiary/aromatic N) is 1. The molecule has 23 heavy (non-hydrogen) atoms. The molecule has 0 bridgehead atoms. The first-order valence-electron chi connectivity index (χ1n) is 7.66. The highest BCUT2D eigenvalue weighted by Gasteiger charge is 2.06. The molecule has 1 heterocycles. The molecular weight excluding hydrogens is 396 g/mol. The van der Waals surface area contributed by atoms with Gasteiger partial charge >= 0.3 is 0 Å². The summed E-state index contributed by atoms with van der Waals surface area (Å²) in [5, 5.41) is 5.62. The molecule has 0 radical (unpaired) electrons. The quantitative estimate of drug-likeness (QED) is 0.600. The van der Waals surface area contributed by atoms with E-state index in [0.29, 0.717) is 6.42 Å². The normalized spacial score (nSPS) is 10.2. The highest BCUT2D eigenvalue weighted by molar-refractivity contribution is 8.93. The van der Waals surface area contributed by atoms with Gasteiger partial charge < -0.3 is 5.32 Å². The van der Waals surface area contributed by atoms with Gasteiger partial charge in [-0.2, -0.15) is 0 Å². The van der Waals surface area contributed by atoms with Gasteiger partial charge in [0, 0.05) is 11.4 Å². The third kappa shape index (κ3) is 7.46. The van der Waals surface area contributed by atoms with Crippen LogP contribution in [0.4, 0.5) is 5.00 Å². The van der Waals surface area contributed by atoms with Crippen molar-refractivity contribution in [3.05, 3.63) is 46.1 Å². The van der Waals surface area contributed by atoms with Crippen LogP contribution >= 0.6 is 39.9 Å². The number of amides is 1. The molecule has 1 amide bonds. The first kappa shape index (κ1) is 20.1. The molecule has 0 atom stereocenters. The van der Waals surface area contributed by atoms with Gasteiger partial charge in [-0.05, 0) is 43.4 Å². The predicted octanol–water partition coefficient (Wildman–Crippen LogP) is 5.68. The second-order valence-electron chi connectivity index (χ2n) is 5.25. The second-order valence-corrected chi connectivity index (χ2v) is 6.80. The zero-order valence-electron chi connectivity index (χ0n) is 13.2. The van der Waals surface area contributed by atoms with Crippen LogP contribution in [0.15, 0.2) is 30.5 Å². The standard InChI is InChI=1S/C17H21ClN2OS.BrH/c1-2-3-7-16-19-12-17(22-16)20-15(21)6-4-5-13-8-10-14(18)11-9-13;/h8-12H,2-7H2,1H3,(H,20,21);1H. The minimum atomic E-state index is 0. The van der Waals surface area contributed by atoms with Crippen LogP contribution in [0.1, 0.15) is 43.2 Å². The van der Waals surface area contributed by atoms with Gasteiger partial charge in [0.25, 0.3) is 0 Å². The number of nitrogens with one attached hydrogen (secondary N) is 1. The Hall–Kier alpha value is -0.910. The van der Waals surface area contributed by atoms with E-state index in [-0.39, 0.29) is 22.9 Å². The van der Waals surface area contributed by atoms with E-state index >= 15 is 0 Å². The van der Waals surface area contributed by atoms with Crippen molar-refractivity contribution in [3.63, 3.8) is 0 Å². The number of halogens is 2. The monoisotopic (exact) mass is 416 g/mol. The molecule has 1 aromatic heterocycles. The summed E-state index contributed by atoms with van der Waals surface area (Å²) < 4.78 is 0. The molecule has 0 saturated carbocycles. The summed E-state index contributed by atoms with van der Waals surface area (Å²) in [6.45, 7) is 2.16. The molecule has 3 nitrogen and oxygen atoms in total. The van der Waals surface area contributed by atoms with Crippen molar-refractivity contribution >= 4 is 50.8 Å². The van der Waals surface area contributed by atoms with E-state index in [9.17, 15) is 4.79 Å². The Bertz CT molecular complexity index is 601. The maximum Gasteiger partial charge on any atom is 0.225 e. The van der Waals surface area contributed by atoms with Crippen LogP contribution in [0, 0.1) is 0 Å². The van der Waals surface area contributed by atoms with E-state index in [1.165, 1.54) is 5.56 Å². The molecular formula is C17H22BrClN2OS. The van der Waals surface area contributed by atoms with E-state index in [1.807, 2.05) is 24.3 Å². The number of unbranched alkanes of at least 4 members (excludes halogenated alkanes) is 1. The van der Waals surface area contributed by atoms with Gasteiger partial charge in [0.2, 0.25) is 5.91 Å². The average molecular weight is 418 g/mol. The van der Waals surface area contributed by atoms with E-state index in [1.54, 1.807) is 17.5 Å². The lowest BCUT2D eigenvalue weighted by Gasteiger charge is -2.03. The SMILES string of the molecule is Br.CCCCc1ncc(NC(=O)CCCc2ccc(Cl)cc2)s1. The number of carbonyl (C=O) groups is 1. The molecule has 2 rings (SSSR count). The maximum absolute atomic E-state index is 11.9. The molecule has 126 valence electrons. The van der Waals surface area contributed by atoms with Crippen LogP contribution in [0.3, 0.4) is 0 Å². The maximum atomic E-state index is 11.9. The van der Waals surface area contributed by atoms with Crippen molar-refractivity contribution in [2.24, 2.45) is 0 Å². The molecule has 0 fully saturated rings. The zero-order chi connectivity index (χ0) is 15.8. The van der Waals surface area contributed by atoms with Gasteiger partial charge in [0.15, 0.2) is 0 Å². The number of hydrogen-bond donors (Lipinski definition) is 1. The molecule has 1 aromatic carbocycles. The van der Waals surface area contributed by atoms with Crippen LogP contribution in [-0.2, 0) is 17.6 Å². The first-order valence-corrected chi connectivity index (χ1v) is 8.86. The Morgan fingerprint density at radius 2 is 1.96 bits per heavy atom. The van der Waals surface area contributed by atoms with Crippen LogP contribution in [0.2, 0.25) is 5.02 Å². The van der Waals surface area contributed by atoms with E-state index in [4.69, 9.17) is 11.6 Å². The number of carbonyl (C=O) groups excluding carboxylic acids is 1. The molecule has 6 heteroatoms. The Balaban J connectivity index is 0.00000264. The number of benzene rings is 1. The molecule has 0 saturated heterocycles. The van der Waals surface area contributed by atoms with Gasteiger partial charge in [-0.25, -0.2) is 4.98 Å². The fourth-order valence-corrected chi connectivity index (χ4v) is 3.12. The topological polar surface area (TPSA) is 42.0 Å². The molecule has 0 aliphatic rings. The molecule has 0 aliphatic carbocycles. The average Bonchev–Trinajstić information content (AvgIpc) is 2.94. The number of hydrogen-bond acceptors (Lipinski definition) is 3. The van der Waals surface area contributed by atoms with Gasteiger partial charge in [0.05, 0.1) is 11.2 Å². The van der Waals surface area contributed by atoms with Crippen LogP contribution in [-0.4, -0.2) is 10.9 Å². The molecule has 1 N–H and O–H groups in total. The summed E-state index contributed by atoms with van der Waals surface area (Å²) in [6.07, 6.45) is 7.28. The van der Waals surface area contributed by atoms with Crippen molar-refractivity contribution in [1.82, 2.24) is 4.98 Å². The third-order valence-electron chi connectivity index (χ3n) is 3.34. The van der Waals surface area contributed by atoms with Crippen LogP contribution in [0.25, 0.3) is 0 Å². The first-order chi connectivity index (χ1) is 10.7. The number of aryl methyl sites for hydroxylation is 2. The smallest absolute Gasteiger partial charge is 0.225 e. The summed E-state index contributed by atoms with van der Waals surface area (Å²) in [5.74, 6) is 0.0552. The Kier molecular flexibility index (Phi) is 9.44. The molecule has 0 unspecified atom stereocenters. The minimum Gasteiger partial charge on any atom is -0.316 e. The number of thiazole rings is 1.